The molecular weight excluding hydrogens is 1180 g/mol. The molecule has 40 nitrogen and oxygen atoms in total. The van der Waals surface area contributed by atoms with E-state index in [0.29, 0.717) is 0 Å². The number of nitrogens with one attached hydrogen (secondary N) is 2. The highest BCUT2D eigenvalue weighted by atomic mass is 31.3. The highest BCUT2D eigenvalue weighted by Gasteiger charge is 2.54. The minimum Gasteiger partial charge on any atom is -0.387 e. The van der Waals surface area contributed by atoms with Gasteiger partial charge in [-0.25, -0.2) is 42.8 Å². The van der Waals surface area contributed by atoms with Crippen molar-refractivity contribution < 1.29 is 108 Å². The molecule has 0 radical (unpaired) electrons. The molecule has 6 aromatic heterocycles. The standard InChI is InChI=1S/C37H52N16O24P4/c1-5-68-26-25(75-78(60,61)69-8-16-23(56)24(57)34(73-16)52-12-44-20-29(52)45-36(39)47-31(20)58)17(74-35(26)51-11-43-19-27(38)41-10-42-28(19)51)9-71-80(64,65)77-81(66,67)76-79(62,63)70-7-15-14(6-18(54)49(2)3)22(55)33(72-15)53-13-50(4)21-30(53)46-37(40)48-32(21)59/h10-17,22-26,33-35,55-57H,5-9H2,1-4H3,(H11-,38,39,40,41,42,45,46,47,48,58,59,60,61,62,63,64,65,66,67)/p+1/t14-,15-,16-,17-,22-,23-,24-,25-,26-,33?,34-,35-/m1/s1. The first-order valence-electron chi connectivity index (χ1n) is 23.6. The second kappa shape index (κ2) is 22.8. The molecule has 0 bridgehead atoms. The number of rotatable bonds is 22. The van der Waals surface area contributed by atoms with E-state index in [2.05, 4.69) is 48.5 Å². The number of hydrogen-bond donors (Lipinski definition) is 12. The Labute approximate surface area is 451 Å². The minimum atomic E-state index is -6.24. The number of fused-ring (bicyclic) bond motifs is 3. The van der Waals surface area contributed by atoms with Gasteiger partial charge in [0.15, 0.2) is 41.4 Å². The third-order valence-corrected chi connectivity index (χ3v) is 18.0. The summed E-state index contributed by atoms with van der Waals surface area (Å²) in [6.07, 6.45) is -13.9. The SMILES string of the molecule is CCO[C@@H]1[C@H](OP(=O)(O)OC[C@H]2O[C@@H](n3cnc4c(=O)[nH]c(N)nc43)[C@H](O)[C@@H]2O)[C@@H](COP(=O)(O)OP(=O)(O)OP(=O)(O)OC[C@H]2OC([n+]3cn(C)c4c(=O)[nH]c(N)nc43)[C@H](O)[C@@H]2CC(=O)N(C)C)O[C@H]1n1cnc2c(N)ncnc21. The average Bonchev–Trinajstić information content (AvgIpc) is 4.38. The second-order valence-electron chi connectivity index (χ2n) is 18.4. The molecular formula is C37H53N16O24P4+. The Morgan fingerprint density at radius 2 is 1.32 bits per heavy atom. The zero-order valence-electron chi connectivity index (χ0n) is 42.3. The topological polar surface area (TPSA) is 562 Å². The molecule has 9 heterocycles. The number of imidazole rings is 3. The first-order valence-corrected chi connectivity index (χ1v) is 29.5. The number of amides is 1. The van der Waals surface area contributed by atoms with Crippen LogP contribution in [0, 0.1) is 5.92 Å². The lowest BCUT2D eigenvalue weighted by Gasteiger charge is -2.27. The van der Waals surface area contributed by atoms with E-state index in [1.807, 2.05) is 0 Å². The first kappa shape index (κ1) is 60.0. The van der Waals surface area contributed by atoms with Crippen molar-refractivity contribution in [2.75, 3.05) is 57.7 Å². The van der Waals surface area contributed by atoms with Gasteiger partial charge in [-0.2, -0.15) is 13.6 Å². The summed E-state index contributed by atoms with van der Waals surface area (Å²) in [7, 11) is -19.3. The van der Waals surface area contributed by atoms with Crippen molar-refractivity contribution in [3.05, 3.63) is 46.0 Å². The third-order valence-electron chi connectivity index (χ3n) is 12.7. The number of carbonyl (C=O) groups is 1. The number of aliphatic hydroxyl groups excluding tert-OH is 3. The number of H-pyrrole nitrogens is 2. The number of aromatic nitrogens is 12. The predicted octanol–water partition coefficient (Wildman–Crippen LogP) is -3.59. The number of nitrogen functional groups attached to an aromatic ring is 3. The van der Waals surface area contributed by atoms with Gasteiger partial charge >= 0.3 is 36.9 Å². The number of nitrogens with zero attached hydrogens (tertiary/aromatic N) is 11. The molecule has 16 atom stereocenters. The molecule has 0 aromatic carbocycles. The quantitative estimate of drug-likeness (QED) is 0.0231. The van der Waals surface area contributed by atoms with Gasteiger partial charge in [0.05, 0.1) is 45.6 Å². The molecule has 15 N–H and O–H groups in total. The molecule has 81 heavy (non-hydrogen) atoms. The van der Waals surface area contributed by atoms with Gasteiger partial charge in [0.1, 0.15) is 54.6 Å². The maximum atomic E-state index is 13.8. The van der Waals surface area contributed by atoms with Crippen LogP contribution in [-0.2, 0) is 75.8 Å². The summed E-state index contributed by atoms with van der Waals surface area (Å²) in [5.74, 6) is -2.50. The Morgan fingerprint density at radius 3 is 1.99 bits per heavy atom. The molecule has 3 aliphatic heterocycles. The summed E-state index contributed by atoms with van der Waals surface area (Å²) in [5.41, 5.74) is 15.6. The summed E-state index contributed by atoms with van der Waals surface area (Å²) >= 11 is 0. The summed E-state index contributed by atoms with van der Waals surface area (Å²) in [5, 5.41) is 33.3. The molecule has 1 amide bonds. The van der Waals surface area contributed by atoms with Gasteiger partial charge in [-0.15, -0.1) is 0 Å². The van der Waals surface area contributed by atoms with Gasteiger partial charge in [-0.1, -0.05) is 4.98 Å². The lowest BCUT2D eigenvalue weighted by molar-refractivity contribution is -0.745. The molecule has 9 rings (SSSR count). The smallest absolute Gasteiger partial charge is 0.387 e. The lowest BCUT2D eigenvalue weighted by atomic mass is 9.94. The Morgan fingerprint density at radius 1 is 0.728 bits per heavy atom. The van der Waals surface area contributed by atoms with Crippen LogP contribution in [0.25, 0.3) is 33.5 Å². The number of aromatic amines is 2. The molecule has 0 spiro atoms. The Kier molecular flexibility index (Phi) is 16.9. The Bertz CT molecular complexity index is 3670. The van der Waals surface area contributed by atoms with Gasteiger partial charge in [0.2, 0.25) is 23.6 Å². The van der Waals surface area contributed by atoms with Crippen molar-refractivity contribution in [2.45, 2.75) is 80.9 Å². The monoisotopic (exact) mass is 1230 g/mol. The van der Waals surface area contributed by atoms with E-state index in [1.165, 1.54) is 53.0 Å². The van der Waals surface area contributed by atoms with E-state index in [1.54, 1.807) is 0 Å². The number of aliphatic hydroxyl groups is 3. The van der Waals surface area contributed by atoms with Gasteiger partial charge < -0.3 is 75.9 Å². The van der Waals surface area contributed by atoms with E-state index in [-0.39, 0.29) is 57.8 Å². The zero-order chi connectivity index (χ0) is 58.8. The van der Waals surface area contributed by atoms with Crippen LogP contribution in [0.2, 0.25) is 0 Å². The van der Waals surface area contributed by atoms with E-state index >= 15 is 0 Å². The predicted molar refractivity (Wildman–Crippen MR) is 264 cm³/mol. The Balaban J connectivity index is 0.888. The van der Waals surface area contributed by atoms with Crippen LogP contribution < -0.4 is 32.9 Å². The number of nitrogens with two attached hydrogens (primary N) is 3. The molecule has 0 saturated carbocycles. The molecule has 444 valence electrons. The summed E-state index contributed by atoms with van der Waals surface area (Å²) in [4.78, 5) is 111. The number of anilines is 3. The van der Waals surface area contributed by atoms with E-state index in [0.717, 1.165) is 23.5 Å². The van der Waals surface area contributed by atoms with Gasteiger partial charge in [-0.05, 0) is 6.92 Å². The Hall–Kier alpha value is -5.64. The summed E-state index contributed by atoms with van der Waals surface area (Å²) in [6.45, 7) is -2.00. The molecule has 3 fully saturated rings. The molecule has 3 saturated heterocycles. The average molecular weight is 1230 g/mol. The number of phosphoric ester groups is 3. The van der Waals surface area contributed by atoms with Crippen molar-refractivity contribution in [1.29, 1.82) is 0 Å². The number of ether oxygens (including phenoxy) is 4. The van der Waals surface area contributed by atoms with Crippen LogP contribution in [0.15, 0.2) is 34.9 Å². The maximum Gasteiger partial charge on any atom is 0.490 e. The molecule has 3 aliphatic rings. The largest absolute Gasteiger partial charge is 0.490 e. The fourth-order valence-electron chi connectivity index (χ4n) is 9.13. The van der Waals surface area contributed by atoms with Gasteiger partial charge in [0, 0.05) is 33.0 Å². The minimum absolute atomic E-state index is 0.00844. The van der Waals surface area contributed by atoms with Crippen LogP contribution in [-0.4, -0.2) is 189 Å². The second-order valence-corrected chi connectivity index (χ2v) is 24.4. The van der Waals surface area contributed by atoms with Crippen molar-refractivity contribution in [3.8, 4) is 0 Å². The van der Waals surface area contributed by atoms with Crippen LogP contribution in [0.4, 0.5) is 17.7 Å². The first-order chi connectivity index (χ1) is 38.0. The van der Waals surface area contributed by atoms with Crippen LogP contribution >= 0.6 is 31.3 Å². The number of aryl methyl sites for hydroxylation is 1. The van der Waals surface area contributed by atoms with E-state index in [4.69, 9.17) is 54.2 Å². The summed E-state index contributed by atoms with van der Waals surface area (Å²) in [6, 6.07) is 0. The number of hydrogen-bond acceptors (Lipinski definition) is 29. The molecule has 5 unspecified atom stereocenters. The highest BCUT2D eigenvalue weighted by Crippen LogP contribution is 2.68. The molecule has 44 heteroatoms. The molecule has 0 aliphatic carbocycles. The fourth-order valence-corrected chi connectivity index (χ4v) is 13.6. The van der Waals surface area contributed by atoms with Crippen LogP contribution in [0.3, 0.4) is 0 Å². The van der Waals surface area contributed by atoms with Crippen molar-refractivity contribution in [1.82, 2.24) is 58.5 Å². The third kappa shape index (κ3) is 12.5. The van der Waals surface area contributed by atoms with E-state index in [9.17, 15) is 67.5 Å². The normalized spacial score (nSPS) is 29.0. The van der Waals surface area contributed by atoms with Crippen LogP contribution in [0.1, 0.15) is 32.0 Å². The van der Waals surface area contributed by atoms with Gasteiger partial charge in [-0.3, -0.25) is 56.1 Å². The number of carbonyl (C=O) groups excluding carboxylic acids is 1. The lowest BCUT2D eigenvalue weighted by Crippen LogP contribution is -2.45. The number of phosphoric acid groups is 4. The van der Waals surface area contributed by atoms with E-state index < -0.39 is 148 Å². The summed E-state index contributed by atoms with van der Waals surface area (Å²) < 4.78 is 111. The fraction of sp³-hybridized carbons (Fsp3) is 0.568. The highest BCUT2D eigenvalue weighted by molar-refractivity contribution is 7.66. The van der Waals surface area contributed by atoms with Gasteiger partial charge in [0.25, 0.3) is 17.1 Å². The molecule has 6 aromatic rings. The van der Waals surface area contributed by atoms with Crippen LogP contribution in [0.5, 0.6) is 0 Å². The van der Waals surface area contributed by atoms with Crippen molar-refractivity contribution >= 4 is 88.4 Å². The zero-order valence-corrected chi connectivity index (χ0v) is 45.9. The maximum absolute atomic E-state index is 13.8. The van der Waals surface area contributed by atoms with Crippen molar-refractivity contribution in [3.63, 3.8) is 0 Å². The van der Waals surface area contributed by atoms with Crippen molar-refractivity contribution in [2.24, 2.45) is 13.0 Å².